The lowest BCUT2D eigenvalue weighted by molar-refractivity contribution is 0.252. The number of nitrogens with one attached hydrogen (secondary N) is 2. The van der Waals surface area contributed by atoms with Gasteiger partial charge in [0.25, 0.3) is 0 Å². The molecule has 3 aromatic rings. The zero-order chi connectivity index (χ0) is 19.2. The Balaban J connectivity index is 1.47. The van der Waals surface area contributed by atoms with Gasteiger partial charge < -0.3 is 15.2 Å². The molecule has 2 amide bonds. The predicted molar refractivity (Wildman–Crippen MR) is 104 cm³/mol. The summed E-state index contributed by atoms with van der Waals surface area (Å²) in [6, 6.07) is 4.95. The summed E-state index contributed by atoms with van der Waals surface area (Å²) in [4.78, 5) is 20.3. The molecule has 2 N–H and O–H groups in total. The standard InChI is InChI=1S/C18H22ClN7O/c1-13(2)17-21-7-9-25(17)8-3-6-22-18(27)24-14-4-5-16(15(19)10-14)26-12-20-11-23-26/h4-5,7,9-13H,3,6,8H2,1-2H3,(H2,22,24,27). The molecule has 2 aromatic heterocycles. The van der Waals surface area contributed by atoms with Crippen molar-refractivity contribution in [2.24, 2.45) is 0 Å². The Labute approximate surface area is 162 Å². The fourth-order valence-corrected chi connectivity index (χ4v) is 3.01. The number of aromatic nitrogens is 5. The third kappa shape index (κ3) is 4.85. The highest BCUT2D eigenvalue weighted by Crippen LogP contribution is 2.23. The first-order chi connectivity index (χ1) is 13.0. The maximum absolute atomic E-state index is 12.1. The number of nitrogens with zero attached hydrogens (tertiary/aromatic N) is 5. The van der Waals surface area contributed by atoms with E-state index in [1.807, 2.05) is 12.4 Å². The summed E-state index contributed by atoms with van der Waals surface area (Å²) in [7, 11) is 0. The number of urea groups is 1. The Bertz CT molecular complexity index is 889. The van der Waals surface area contributed by atoms with Gasteiger partial charge in [-0.2, -0.15) is 5.10 Å². The van der Waals surface area contributed by atoms with Gasteiger partial charge >= 0.3 is 6.03 Å². The van der Waals surface area contributed by atoms with Crippen LogP contribution in [-0.2, 0) is 6.54 Å². The number of aryl methyl sites for hydroxylation is 1. The maximum atomic E-state index is 12.1. The van der Waals surface area contributed by atoms with Crippen molar-refractivity contribution in [2.75, 3.05) is 11.9 Å². The van der Waals surface area contributed by atoms with Gasteiger partial charge in [-0.05, 0) is 24.6 Å². The Morgan fingerprint density at radius 3 is 2.89 bits per heavy atom. The van der Waals surface area contributed by atoms with E-state index in [2.05, 4.69) is 44.1 Å². The van der Waals surface area contributed by atoms with Crippen LogP contribution in [0.25, 0.3) is 5.69 Å². The smallest absolute Gasteiger partial charge is 0.319 e. The lowest BCUT2D eigenvalue weighted by Crippen LogP contribution is -2.30. The zero-order valence-electron chi connectivity index (χ0n) is 15.3. The van der Waals surface area contributed by atoms with Crippen molar-refractivity contribution in [3.8, 4) is 5.69 Å². The number of carbonyl (C=O) groups excluding carboxylic acids is 1. The van der Waals surface area contributed by atoms with Crippen molar-refractivity contribution < 1.29 is 4.79 Å². The van der Waals surface area contributed by atoms with Crippen molar-refractivity contribution in [3.63, 3.8) is 0 Å². The minimum atomic E-state index is -0.269. The van der Waals surface area contributed by atoms with Crippen molar-refractivity contribution in [2.45, 2.75) is 32.7 Å². The lowest BCUT2D eigenvalue weighted by Gasteiger charge is -2.12. The first-order valence-corrected chi connectivity index (χ1v) is 9.13. The van der Waals surface area contributed by atoms with Crippen LogP contribution in [0, 0.1) is 0 Å². The summed E-state index contributed by atoms with van der Waals surface area (Å²) < 4.78 is 3.68. The Morgan fingerprint density at radius 1 is 1.33 bits per heavy atom. The van der Waals surface area contributed by atoms with E-state index in [4.69, 9.17) is 11.6 Å². The number of anilines is 1. The first-order valence-electron chi connectivity index (χ1n) is 8.75. The Hall–Kier alpha value is -2.87. The highest BCUT2D eigenvalue weighted by atomic mass is 35.5. The highest BCUT2D eigenvalue weighted by molar-refractivity contribution is 6.32. The molecule has 0 saturated heterocycles. The molecule has 0 saturated carbocycles. The van der Waals surface area contributed by atoms with Crippen LogP contribution >= 0.6 is 11.6 Å². The van der Waals surface area contributed by atoms with Crippen molar-refractivity contribution in [1.82, 2.24) is 29.6 Å². The molecule has 27 heavy (non-hydrogen) atoms. The molecule has 0 bridgehead atoms. The third-order valence-corrected chi connectivity index (χ3v) is 4.30. The summed E-state index contributed by atoms with van der Waals surface area (Å²) in [5, 5.41) is 10.1. The molecule has 0 fully saturated rings. The monoisotopic (exact) mass is 387 g/mol. The average molecular weight is 388 g/mol. The fraction of sp³-hybridized carbons (Fsp3) is 0.333. The average Bonchev–Trinajstić information content (AvgIpc) is 3.30. The van der Waals surface area contributed by atoms with Gasteiger partial charge in [-0.1, -0.05) is 25.4 Å². The van der Waals surface area contributed by atoms with E-state index in [0.717, 1.165) is 18.8 Å². The normalized spacial score (nSPS) is 11.0. The quantitative estimate of drug-likeness (QED) is 0.607. The molecule has 0 unspecified atom stereocenters. The number of imidazole rings is 1. The summed E-state index contributed by atoms with van der Waals surface area (Å²) >= 11 is 6.26. The molecular formula is C18H22ClN7O. The number of amides is 2. The summed E-state index contributed by atoms with van der Waals surface area (Å²) in [6.07, 6.45) is 7.58. The maximum Gasteiger partial charge on any atom is 0.319 e. The van der Waals surface area contributed by atoms with Crippen LogP contribution < -0.4 is 10.6 Å². The van der Waals surface area contributed by atoms with Gasteiger partial charge in [-0.3, -0.25) is 0 Å². The minimum Gasteiger partial charge on any atom is -0.338 e. The van der Waals surface area contributed by atoms with Crippen LogP contribution in [0.2, 0.25) is 5.02 Å². The summed E-state index contributed by atoms with van der Waals surface area (Å²) in [5.74, 6) is 1.43. The topological polar surface area (TPSA) is 89.7 Å². The predicted octanol–water partition coefficient (Wildman–Crippen LogP) is 3.45. The molecule has 9 heteroatoms. The molecule has 1 aromatic carbocycles. The van der Waals surface area contributed by atoms with Gasteiger partial charge in [0.05, 0.1) is 10.7 Å². The van der Waals surface area contributed by atoms with Gasteiger partial charge in [0, 0.05) is 37.1 Å². The molecule has 2 heterocycles. The van der Waals surface area contributed by atoms with Crippen LogP contribution in [0.3, 0.4) is 0 Å². The SMILES string of the molecule is CC(C)c1nccn1CCCNC(=O)Nc1ccc(-n2cncn2)c(Cl)c1. The largest absolute Gasteiger partial charge is 0.338 e. The molecule has 0 aliphatic rings. The van der Waals surface area contributed by atoms with Gasteiger partial charge in [-0.25, -0.2) is 19.4 Å². The molecule has 3 rings (SSSR count). The number of rotatable bonds is 7. The third-order valence-electron chi connectivity index (χ3n) is 4.00. The van der Waals surface area contributed by atoms with E-state index in [1.54, 1.807) is 29.2 Å². The van der Waals surface area contributed by atoms with Crippen LogP contribution in [0.1, 0.15) is 32.0 Å². The fourth-order valence-electron chi connectivity index (χ4n) is 2.74. The number of hydrogen-bond donors (Lipinski definition) is 2. The number of carbonyl (C=O) groups is 1. The van der Waals surface area contributed by atoms with E-state index in [9.17, 15) is 4.79 Å². The number of halogens is 1. The molecule has 8 nitrogen and oxygen atoms in total. The van der Waals surface area contributed by atoms with Crippen molar-refractivity contribution >= 4 is 23.3 Å². The van der Waals surface area contributed by atoms with Gasteiger partial charge in [0.15, 0.2) is 0 Å². The van der Waals surface area contributed by atoms with Crippen LogP contribution in [0.15, 0.2) is 43.2 Å². The van der Waals surface area contributed by atoms with Crippen LogP contribution in [0.5, 0.6) is 0 Å². The molecule has 0 radical (unpaired) electrons. The molecule has 0 atom stereocenters. The van der Waals surface area contributed by atoms with Crippen molar-refractivity contribution in [1.29, 1.82) is 0 Å². The van der Waals surface area contributed by atoms with Crippen molar-refractivity contribution in [3.05, 3.63) is 54.1 Å². The van der Waals surface area contributed by atoms with Gasteiger partial charge in [-0.15, -0.1) is 0 Å². The molecule has 142 valence electrons. The van der Waals surface area contributed by atoms with Crippen LogP contribution in [-0.4, -0.2) is 36.9 Å². The van der Waals surface area contributed by atoms with Crippen LogP contribution in [0.4, 0.5) is 10.5 Å². The number of hydrogen-bond acceptors (Lipinski definition) is 4. The number of benzene rings is 1. The summed E-state index contributed by atoms with van der Waals surface area (Å²) in [5.41, 5.74) is 1.31. The van der Waals surface area contributed by atoms with Gasteiger partial charge in [0.1, 0.15) is 18.5 Å². The molecular weight excluding hydrogens is 366 g/mol. The molecule has 0 spiro atoms. The van der Waals surface area contributed by atoms with E-state index in [-0.39, 0.29) is 6.03 Å². The summed E-state index contributed by atoms with van der Waals surface area (Å²) in [6.45, 7) is 5.60. The highest BCUT2D eigenvalue weighted by Gasteiger charge is 2.08. The Kier molecular flexibility index (Phi) is 6.08. The van der Waals surface area contributed by atoms with E-state index < -0.39 is 0 Å². The Morgan fingerprint density at radius 2 is 2.19 bits per heavy atom. The van der Waals surface area contributed by atoms with E-state index in [1.165, 1.54) is 6.33 Å². The second kappa shape index (κ2) is 8.68. The lowest BCUT2D eigenvalue weighted by atomic mass is 10.2. The second-order valence-electron chi connectivity index (χ2n) is 6.37. The molecule has 0 aliphatic heterocycles. The van der Waals surface area contributed by atoms with Gasteiger partial charge in [0.2, 0.25) is 0 Å². The molecule has 0 aliphatic carbocycles. The van der Waals surface area contributed by atoms with E-state index in [0.29, 0.717) is 28.9 Å². The first kappa shape index (κ1) is 18.9. The second-order valence-corrected chi connectivity index (χ2v) is 6.78. The minimum absolute atomic E-state index is 0.269. The zero-order valence-corrected chi connectivity index (χ0v) is 16.0. The van der Waals surface area contributed by atoms with E-state index >= 15 is 0 Å².